The Labute approximate surface area is 273 Å². The average molecular weight is 631 g/mol. The molecule has 0 saturated heterocycles. The number of hydrogen-bond donors (Lipinski definition) is 0. The summed E-state index contributed by atoms with van der Waals surface area (Å²) in [7, 11) is 0. The van der Waals surface area contributed by atoms with Crippen LogP contribution >= 0.6 is 0 Å². The van der Waals surface area contributed by atoms with E-state index in [1.807, 2.05) is 56.3 Å². The SMILES string of the molecule is [C-]#[N+]c1cc(-c2cc(C#N)c(-n3c4ccccc4c4ccc(C)cc43)c(-n3c4ccccc4c4ccc(C)cc43)c2)cc(C(F)(F)F)c1. The van der Waals surface area contributed by atoms with E-state index in [-0.39, 0.29) is 16.8 Å². The summed E-state index contributed by atoms with van der Waals surface area (Å²) in [5.74, 6) is 0. The van der Waals surface area contributed by atoms with Crippen molar-refractivity contribution in [1.82, 2.24) is 9.13 Å². The zero-order valence-electron chi connectivity index (χ0n) is 25.9. The summed E-state index contributed by atoms with van der Waals surface area (Å²) >= 11 is 0. The highest BCUT2D eigenvalue weighted by Gasteiger charge is 2.31. The Morgan fingerprint density at radius 3 is 1.75 bits per heavy atom. The molecule has 8 aromatic rings. The molecular weight excluding hydrogens is 605 g/mol. The summed E-state index contributed by atoms with van der Waals surface area (Å²) in [5.41, 5.74) is 6.77. The Bertz CT molecular complexity index is 2710. The van der Waals surface area contributed by atoms with E-state index in [0.717, 1.165) is 66.9 Å². The summed E-state index contributed by atoms with van der Waals surface area (Å²) in [6, 6.07) is 37.8. The zero-order chi connectivity index (χ0) is 33.3. The quantitative estimate of drug-likeness (QED) is 0.179. The van der Waals surface area contributed by atoms with Crippen molar-refractivity contribution >= 4 is 49.3 Å². The highest BCUT2D eigenvalue weighted by Crippen LogP contribution is 2.43. The molecule has 0 N–H and O–H groups in total. The lowest BCUT2D eigenvalue weighted by Gasteiger charge is -2.20. The minimum atomic E-state index is -4.65. The number of halogens is 3. The number of para-hydroxylation sites is 2. The molecular formula is C41H25F3N4. The highest BCUT2D eigenvalue weighted by molar-refractivity contribution is 6.12. The standard InChI is InChI=1S/C41H25F3N4/c1-24-12-14-33-31-8-4-6-10-35(31)47(37(33)16-24)39-21-26(27-19-29(41(42,43)44)22-30(20-27)46-3)18-28(23-45)40(39)48-36-11-7-5-9-32(36)34-15-13-25(2)17-38(34)48/h4-22H,1-2H3. The fraction of sp³-hybridized carbons (Fsp3) is 0.0732. The van der Waals surface area contributed by atoms with Crippen LogP contribution in [0.25, 0.3) is 71.0 Å². The van der Waals surface area contributed by atoms with Gasteiger partial charge in [0.25, 0.3) is 0 Å². The third-order valence-electron chi connectivity index (χ3n) is 9.04. The van der Waals surface area contributed by atoms with Gasteiger partial charge in [-0.15, -0.1) is 0 Å². The molecule has 0 radical (unpaired) electrons. The van der Waals surface area contributed by atoms with E-state index >= 15 is 0 Å². The Kier molecular flexibility index (Phi) is 6.44. The van der Waals surface area contributed by atoms with Crippen molar-refractivity contribution in [3.05, 3.63) is 149 Å². The van der Waals surface area contributed by atoms with Gasteiger partial charge in [0.1, 0.15) is 6.07 Å². The molecule has 0 saturated carbocycles. The smallest absolute Gasteiger partial charge is 0.307 e. The van der Waals surface area contributed by atoms with E-state index in [1.54, 1.807) is 6.07 Å². The number of nitrogens with zero attached hydrogens (tertiary/aromatic N) is 4. The molecule has 0 aliphatic rings. The van der Waals surface area contributed by atoms with E-state index in [4.69, 9.17) is 6.57 Å². The number of fused-ring (bicyclic) bond motifs is 6. The second-order valence-electron chi connectivity index (χ2n) is 12.1. The summed E-state index contributed by atoms with van der Waals surface area (Å²) in [4.78, 5) is 3.35. The van der Waals surface area contributed by atoms with E-state index in [1.165, 1.54) is 6.07 Å². The fourth-order valence-electron chi connectivity index (χ4n) is 6.94. The first kappa shape index (κ1) is 29.1. The topological polar surface area (TPSA) is 38.0 Å². The van der Waals surface area contributed by atoms with Gasteiger partial charge in [0.15, 0.2) is 5.69 Å². The Hall–Kier alpha value is -6.31. The second kappa shape index (κ2) is 10.6. The lowest BCUT2D eigenvalue weighted by Crippen LogP contribution is -2.07. The van der Waals surface area contributed by atoms with Crippen LogP contribution in [-0.4, -0.2) is 9.13 Å². The normalized spacial score (nSPS) is 11.8. The summed E-state index contributed by atoms with van der Waals surface area (Å²) < 4.78 is 46.4. The molecule has 0 unspecified atom stereocenters. The molecule has 4 nitrogen and oxygen atoms in total. The molecule has 2 heterocycles. The summed E-state index contributed by atoms with van der Waals surface area (Å²) in [6.45, 7) is 11.6. The summed E-state index contributed by atoms with van der Waals surface area (Å²) in [5, 5.41) is 14.9. The van der Waals surface area contributed by atoms with Crippen LogP contribution < -0.4 is 0 Å². The number of nitriles is 1. The molecule has 0 fully saturated rings. The Morgan fingerprint density at radius 1 is 0.625 bits per heavy atom. The van der Waals surface area contributed by atoms with E-state index in [0.29, 0.717) is 16.9 Å². The molecule has 0 atom stereocenters. The lowest BCUT2D eigenvalue weighted by atomic mass is 9.97. The van der Waals surface area contributed by atoms with Crippen LogP contribution in [0.1, 0.15) is 22.3 Å². The number of hydrogen-bond acceptors (Lipinski definition) is 1. The molecule has 0 spiro atoms. The lowest BCUT2D eigenvalue weighted by molar-refractivity contribution is -0.137. The third-order valence-corrected chi connectivity index (χ3v) is 9.04. The minimum absolute atomic E-state index is 0.130. The van der Waals surface area contributed by atoms with Gasteiger partial charge in [-0.25, -0.2) is 4.85 Å². The maximum absolute atomic E-state index is 14.1. The van der Waals surface area contributed by atoms with Crippen LogP contribution in [0.4, 0.5) is 18.9 Å². The van der Waals surface area contributed by atoms with Gasteiger partial charge in [-0.3, -0.25) is 0 Å². The molecule has 0 amide bonds. The number of benzene rings is 6. The van der Waals surface area contributed by atoms with Crippen LogP contribution in [0, 0.1) is 31.8 Å². The first-order chi connectivity index (χ1) is 23.2. The van der Waals surface area contributed by atoms with Crippen LogP contribution in [0.2, 0.25) is 0 Å². The van der Waals surface area contributed by atoms with Gasteiger partial charge < -0.3 is 9.13 Å². The molecule has 8 rings (SSSR count). The first-order valence-corrected chi connectivity index (χ1v) is 15.3. The monoisotopic (exact) mass is 630 g/mol. The van der Waals surface area contributed by atoms with Crippen molar-refractivity contribution in [3.8, 4) is 28.6 Å². The number of aromatic nitrogens is 2. The van der Waals surface area contributed by atoms with Crippen LogP contribution in [0.3, 0.4) is 0 Å². The predicted octanol–water partition coefficient (Wildman–Crippen LogP) is 11.6. The minimum Gasteiger partial charge on any atom is -0.307 e. The number of alkyl halides is 3. The van der Waals surface area contributed by atoms with Crippen molar-refractivity contribution < 1.29 is 13.2 Å². The summed E-state index contributed by atoms with van der Waals surface area (Å²) in [6.07, 6.45) is -4.65. The number of rotatable bonds is 3. The Balaban J connectivity index is 1.59. The number of aryl methyl sites for hydroxylation is 2. The van der Waals surface area contributed by atoms with Crippen molar-refractivity contribution in [2.75, 3.05) is 0 Å². The predicted molar refractivity (Wildman–Crippen MR) is 186 cm³/mol. The van der Waals surface area contributed by atoms with Gasteiger partial charge in [-0.2, -0.15) is 18.4 Å². The molecule has 0 aliphatic carbocycles. The van der Waals surface area contributed by atoms with Crippen molar-refractivity contribution in [3.63, 3.8) is 0 Å². The van der Waals surface area contributed by atoms with Gasteiger partial charge in [-0.1, -0.05) is 60.7 Å². The molecule has 0 aliphatic heterocycles. The average Bonchev–Trinajstić information content (AvgIpc) is 3.58. The zero-order valence-corrected chi connectivity index (χ0v) is 25.9. The molecule has 48 heavy (non-hydrogen) atoms. The third kappa shape index (κ3) is 4.44. The van der Waals surface area contributed by atoms with E-state index in [9.17, 15) is 18.4 Å². The second-order valence-corrected chi connectivity index (χ2v) is 12.1. The molecule has 7 heteroatoms. The van der Waals surface area contributed by atoms with Crippen LogP contribution in [-0.2, 0) is 6.18 Å². The van der Waals surface area contributed by atoms with E-state index in [2.05, 4.69) is 68.6 Å². The van der Waals surface area contributed by atoms with Gasteiger partial charge in [0.05, 0.1) is 45.6 Å². The van der Waals surface area contributed by atoms with Crippen molar-refractivity contribution in [2.45, 2.75) is 20.0 Å². The molecule has 2 aromatic heterocycles. The van der Waals surface area contributed by atoms with Gasteiger partial charge >= 0.3 is 6.18 Å². The maximum atomic E-state index is 14.1. The molecule has 6 aromatic carbocycles. The largest absolute Gasteiger partial charge is 0.415 e. The maximum Gasteiger partial charge on any atom is 0.415 e. The van der Waals surface area contributed by atoms with Crippen LogP contribution in [0.5, 0.6) is 0 Å². The van der Waals surface area contributed by atoms with Crippen molar-refractivity contribution in [1.29, 1.82) is 5.26 Å². The molecule has 230 valence electrons. The van der Waals surface area contributed by atoms with E-state index < -0.39 is 11.7 Å². The van der Waals surface area contributed by atoms with Crippen LogP contribution in [0.15, 0.2) is 115 Å². The first-order valence-electron chi connectivity index (χ1n) is 15.3. The van der Waals surface area contributed by atoms with Gasteiger partial charge in [-0.05, 0) is 90.7 Å². The fourth-order valence-corrected chi connectivity index (χ4v) is 6.94. The Morgan fingerprint density at radius 2 is 1.17 bits per heavy atom. The van der Waals surface area contributed by atoms with Gasteiger partial charge in [0, 0.05) is 27.1 Å². The highest BCUT2D eigenvalue weighted by atomic mass is 19.4. The van der Waals surface area contributed by atoms with Crippen molar-refractivity contribution in [2.24, 2.45) is 0 Å². The molecule has 0 bridgehead atoms. The van der Waals surface area contributed by atoms with Gasteiger partial charge in [0.2, 0.25) is 0 Å².